The largest absolute Gasteiger partial charge is 0.411 e. The summed E-state index contributed by atoms with van der Waals surface area (Å²) in [5.41, 5.74) is -0.152. The van der Waals surface area contributed by atoms with Crippen LogP contribution in [0.3, 0.4) is 0 Å². The summed E-state index contributed by atoms with van der Waals surface area (Å²) in [5.74, 6) is -2.16. The van der Waals surface area contributed by atoms with Crippen LogP contribution in [-0.2, 0) is 19.6 Å². The molecule has 118 valence electrons. The molecule has 11 heteroatoms. The van der Waals surface area contributed by atoms with E-state index in [0.29, 0.717) is 6.07 Å². The van der Waals surface area contributed by atoms with Crippen LogP contribution in [0.15, 0.2) is 23.1 Å². The number of hydrogen-bond acceptors (Lipinski definition) is 4. The molecule has 0 atom stereocenters. The van der Waals surface area contributed by atoms with Gasteiger partial charge in [-0.3, -0.25) is 4.79 Å². The van der Waals surface area contributed by atoms with Gasteiger partial charge in [0.1, 0.15) is 23.9 Å². The number of nitrogens with two attached hydrogens (primary N) is 1. The minimum absolute atomic E-state index is 0.152. The number of anilines is 1. The predicted octanol–water partition coefficient (Wildman–Crippen LogP) is 0.991. The minimum Gasteiger partial charge on any atom is -0.362 e. The van der Waals surface area contributed by atoms with Gasteiger partial charge in [-0.05, 0) is 18.2 Å². The fraction of sp³-hybridized carbons (Fsp3) is 0.300. The van der Waals surface area contributed by atoms with Gasteiger partial charge in [0.2, 0.25) is 15.9 Å². The summed E-state index contributed by atoms with van der Waals surface area (Å²) in [5, 5.41) is 6.77. The molecular weight excluding hydrogens is 320 g/mol. The quantitative estimate of drug-likeness (QED) is 0.787. The number of benzene rings is 1. The lowest BCUT2D eigenvalue weighted by atomic mass is 10.3. The smallest absolute Gasteiger partial charge is 0.362 e. The second-order valence-corrected chi connectivity index (χ2v) is 5.38. The Morgan fingerprint density at radius 2 is 1.95 bits per heavy atom. The van der Waals surface area contributed by atoms with Crippen LogP contribution >= 0.6 is 0 Å². The molecule has 0 fully saturated rings. The third-order valence-corrected chi connectivity index (χ3v) is 2.97. The van der Waals surface area contributed by atoms with Crippen LogP contribution in [0.4, 0.5) is 23.2 Å². The average molecular weight is 330 g/mol. The monoisotopic (exact) mass is 330 g/mol. The van der Waals surface area contributed by atoms with Crippen molar-refractivity contribution in [3.8, 4) is 0 Å². The maximum Gasteiger partial charge on any atom is 0.411 e. The van der Waals surface area contributed by atoms with Gasteiger partial charge in [0.25, 0.3) is 0 Å². The molecule has 0 heterocycles. The zero-order valence-corrected chi connectivity index (χ0v) is 11.1. The molecule has 0 saturated heterocycles. The summed E-state index contributed by atoms with van der Waals surface area (Å²) in [7, 11) is -4.25. The van der Waals surface area contributed by atoms with E-state index in [9.17, 15) is 30.8 Å². The number of nitrogens with one attached hydrogen (secondary N) is 1. The van der Waals surface area contributed by atoms with E-state index in [1.165, 1.54) is 0 Å². The van der Waals surface area contributed by atoms with Gasteiger partial charge < -0.3 is 10.1 Å². The van der Waals surface area contributed by atoms with Gasteiger partial charge in [0.05, 0.1) is 0 Å². The molecule has 0 aliphatic rings. The third kappa shape index (κ3) is 6.06. The summed E-state index contributed by atoms with van der Waals surface area (Å²) in [6, 6.07) is 2.52. The Morgan fingerprint density at radius 3 is 2.43 bits per heavy atom. The van der Waals surface area contributed by atoms with Crippen molar-refractivity contribution in [3.63, 3.8) is 0 Å². The summed E-state index contributed by atoms with van der Waals surface area (Å²) < 4.78 is 74.7. The first-order valence-electron chi connectivity index (χ1n) is 5.26. The van der Waals surface area contributed by atoms with Crippen molar-refractivity contribution < 1.29 is 35.5 Å². The Hall–Kier alpha value is -1.72. The molecule has 3 N–H and O–H groups in total. The SMILES string of the molecule is NS(=O)(=O)c1ccc(NC(=O)COCC(F)(F)F)cc1F. The first kappa shape index (κ1) is 17.3. The Balaban J connectivity index is 2.64. The highest BCUT2D eigenvalue weighted by molar-refractivity contribution is 7.89. The molecule has 0 bridgehead atoms. The zero-order chi connectivity index (χ0) is 16.3. The summed E-state index contributed by atoms with van der Waals surface area (Å²) >= 11 is 0. The third-order valence-electron chi connectivity index (χ3n) is 2.02. The van der Waals surface area contributed by atoms with Gasteiger partial charge in [-0.15, -0.1) is 0 Å². The van der Waals surface area contributed by atoms with E-state index in [2.05, 4.69) is 4.74 Å². The molecule has 0 radical (unpaired) electrons. The van der Waals surface area contributed by atoms with Crippen molar-refractivity contribution in [2.45, 2.75) is 11.1 Å². The van der Waals surface area contributed by atoms with Gasteiger partial charge >= 0.3 is 6.18 Å². The van der Waals surface area contributed by atoms with Crippen LogP contribution in [0.5, 0.6) is 0 Å². The fourth-order valence-corrected chi connectivity index (χ4v) is 1.85. The van der Waals surface area contributed by atoms with Crippen molar-refractivity contribution in [2.24, 2.45) is 5.14 Å². The summed E-state index contributed by atoms with van der Waals surface area (Å²) in [4.78, 5) is 10.5. The van der Waals surface area contributed by atoms with Crippen LogP contribution in [0.25, 0.3) is 0 Å². The van der Waals surface area contributed by atoms with E-state index in [1.54, 1.807) is 0 Å². The summed E-state index contributed by atoms with van der Waals surface area (Å²) in [6.07, 6.45) is -4.57. The summed E-state index contributed by atoms with van der Waals surface area (Å²) in [6.45, 7) is -2.49. The number of carbonyl (C=O) groups excluding carboxylic acids is 1. The number of rotatable bonds is 5. The maximum absolute atomic E-state index is 13.4. The highest BCUT2D eigenvalue weighted by Crippen LogP contribution is 2.18. The standard InChI is InChI=1S/C10H10F4N2O4S/c11-7-3-6(1-2-8(7)21(15,18)19)16-9(17)4-20-5-10(12,13)14/h1-3H,4-5H2,(H,16,17)(H2,15,18,19). The molecular formula is C10H10F4N2O4S. The van der Waals surface area contributed by atoms with Crippen molar-refractivity contribution in [2.75, 3.05) is 18.5 Å². The molecule has 6 nitrogen and oxygen atoms in total. The molecule has 0 unspecified atom stereocenters. The van der Waals surface area contributed by atoms with E-state index >= 15 is 0 Å². The van der Waals surface area contributed by atoms with E-state index in [0.717, 1.165) is 12.1 Å². The van der Waals surface area contributed by atoms with Crippen LogP contribution in [0.1, 0.15) is 0 Å². The lowest BCUT2D eigenvalue weighted by molar-refractivity contribution is -0.174. The van der Waals surface area contributed by atoms with Gasteiger partial charge in [-0.1, -0.05) is 0 Å². The Morgan fingerprint density at radius 1 is 1.33 bits per heavy atom. The Kier molecular flexibility index (Phi) is 5.25. The fourth-order valence-electron chi connectivity index (χ4n) is 1.27. The molecule has 0 spiro atoms. The van der Waals surface area contributed by atoms with Crippen molar-refractivity contribution >= 4 is 21.6 Å². The van der Waals surface area contributed by atoms with E-state index in [4.69, 9.17) is 5.14 Å². The van der Waals surface area contributed by atoms with E-state index in [1.807, 2.05) is 5.32 Å². The molecule has 21 heavy (non-hydrogen) atoms. The number of halogens is 4. The van der Waals surface area contributed by atoms with E-state index < -0.39 is 46.0 Å². The van der Waals surface area contributed by atoms with Gasteiger partial charge in [-0.2, -0.15) is 13.2 Å². The normalized spacial score (nSPS) is 12.2. The first-order valence-corrected chi connectivity index (χ1v) is 6.80. The number of primary sulfonamides is 1. The van der Waals surface area contributed by atoms with Gasteiger partial charge in [0.15, 0.2) is 0 Å². The number of amides is 1. The molecule has 1 aromatic carbocycles. The zero-order valence-electron chi connectivity index (χ0n) is 10.3. The molecule has 0 aliphatic heterocycles. The molecule has 0 saturated carbocycles. The number of carbonyl (C=O) groups is 1. The van der Waals surface area contributed by atoms with Crippen molar-refractivity contribution in [1.82, 2.24) is 0 Å². The molecule has 1 aromatic rings. The number of alkyl halides is 3. The molecule has 1 rings (SSSR count). The Bertz CT molecular complexity index is 630. The average Bonchev–Trinajstić information content (AvgIpc) is 2.24. The van der Waals surface area contributed by atoms with E-state index in [-0.39, 0.29) is 5.69 Å². The highest BCUT2D eigenvalue weighted by Gasteiger charge is 2.27. The van der Waals surface area contributed by atoms with Gasteiger partial charge in [-0.25, -0.2) is 17.9 Å². The lowest BCUT2D eigenvalue weighted by Gasteiger charge is -2.09. The maximum atomic E-state index is 13.4. The van der Waals surface area contributed by atoms with Crippen molar-refractivity contribution in [1.29, 1.82) is 0 Å². The number of ether oxygens (including phenoxy) is 1. The first-order chi connectivity index (χ1) is 9.49. The number of sulfonamides is 1. The second-order valence-electron chi connectivity index (χ2n) is 3.85. The van der Waals surface area contributed by atoms with Crippen LogP contribution in [-0.4, -0.2) is 33.7 Å². The molecule has 0 aromatic heterocycles. The predicted molar refractivity (Wildman–Crippen MR) is 63.3 cm³/mol. The van der Waals surface area contributed by atoms with Gasteiger partial charge in [0, 0.05) is 5.69 Å². The van der Waals surface area contributed by atoms with Crippen LogP contribution in [0.2, 0.25) is 0 Å². The Labute approximate surface area is 116 Å². The lowest BCUT2D eigenvalue weighted by Crippen LogP contribution is -2.24. The number of hydrogen-bond donors (Lipinski definition) is 2. The highest BCUT2D eigenvalue weighted by atomic mass is 32.2. The molecule has 0 aliphatic carbocycles. The molecule has 1 amide bonds. The topological polar surface area (TPSA) is 98.5 Å². The van der Waals surface area contributed by atoms with Crippen LogP contribution in [0, 0.1) is 5.82 Å². The van der Waals surface area contributed by atoms with Crippen molar-refractivity contribution in [3.05, 3.63) is 24.0 Å². The van der Waals surface area contributed by atoms with Crippen LogP contribution < -0.4 is 10.5 Å². The second kappa shape index (κ2) is 6.37. The minimum atomic E-state index is -4.57.